The van der Waals surface area contributed by atoms with E-state index in [1.54, 1.807) is 12.1 Å². The summed E-state index contributed by atoms with van der Waals surface area (Å²) < 4.78 is 9.62. The third-order valence-corrected chi connectivity index (χ3v) is 4.05. The number of phenolic OH excluding ortho intramolecular Hbond substituents is 1. The Balaban J connectivity index is 1.79. The highest BCUT2D eigenvalue weighted by Crippen LogP contribution is 2.22. The number of carbonyl (C=O) groups excluding carboxylic acids is 3. The summed E-state index contributed by atoms with van der Waals surface area (Å²) in [6.07, 6.45) is -0.456. The third kappa shape index (κ3) is 4.35. The lowest BCUT2D eigenvalue weighted by atomic mass is 10.0. The topological polar surface area (TPSA) is 141 Å². The molecule has 0 aromatic heterocycles. The normalized spacial score (nSPS) is 15.3. The fourth-order valence-corrected chi connectivity index (χ4v) is 2.45. The summed E-state index contributed by atoms with van der Waals surface area (Å²) in [6, 6.07) is 14.0. The number of nitrogens with zero attached hydrogens (tertiary/aromatic N) is 2. The molecular weight excluding hydrogens is 376 g/mol. The quantitative estimate of drug-likeness (QED) is 0.205. The van der Waals surface area contributed by atoms with Crippen LogP contribution < -0.4 is 0 Å². The fraction of sp³-hybridized carbons (Fsp3) is 0.0952. The molecule has 8 heteroatoms. The molecule has 1 fully saturated rings. The van der Waals surface area contributed by atoms with Crippen LogP contribution in [0.3, 0.4) is 0 Å². The minimum Gasteiger partial charge on any atom is -0.508 e. The van der Waals surface area contributed by atoms with Crippen molar-refractivity contribution >= 4 is 23.3 Å². The van der Waals surface area contributed by atoms with Crippen LogP contribution in [0.25, 0.3) is 5.57 Å². The molecule has 1 unspecified atom stereocenters. The number of esters is 2. The second-order valence-electron chi connectivity index (χ2n) is 5.96. The molecule has 1 heterocycles. The molecule has 142 valence electrons. The van der Waals surface area contributed by atoms with Gasteiger partial charge in [0.25, 0.3) is 0 Å². The Kier molecular flexibility index (Phi) is 5.49. The van der Waals surface area contributed by atoms with Crippen molar-refractivity contribution in [1.29, 1.82) is 10.5 Å². The van der Waals surface area contributed by atoms with E-state index in [0.29, 0.717) is 12.2 Å². The molecule has 0 radical (unpaired) electrons. The largest absolute Gasteiger partial charge is 0.508 e. The Morgan fingerprint density at radius 1 is 0.931 bits per heavy atom. The number of ketones is 1. The van der Waals surface area contributed by atoms with Crippen LogP contribution >= 0.6 is 0 Å². The van der Waals surface area contributed by atoms with Gasteiger partial charge >= 0.3 is 11.9 Å². The number of allylic oxidation sites excluding steroid dienone is 1. The van der Waals surface area contributed by atoms with Crippen molar-refractivity contribution in [3.05, 3.63) is 70.8 Å². The second-order valence-corrected chi connectivity index (χ2v) is 5.96. The average Bonchev–Trinajstić information content (AvgIpc) is 3.57. The highest BCUT2D eigenvalue weighted by molar-refractivity contribution is 6.10. The van der Waals surface area contributed by atoms with Gasteiger partial charge in [-0.1, -0.05) is 12.1 Å². The molecule has 8 nitrogen and oxygen atoms in total. The van der Waals surface area contributed by atoms with Gasteiger partial charge in [-0.15, -0.1) is 0 Å². The van der Waals surface area contributed by atoms with Gasteiger partial charge in [-0.2, -0.15) is 10.5 Å². The van der Waals surface area contributed by atoms with E-state index in [1.807, 2.05) is 0 Å². The van der Waals surface area contributed by atoms with Crippen LogP contribution in [0.4, 0.5) is 0 Å². The summed E-state index contributed by atoms with van der Waals surface area (Å²) >= 11 is 0. The Labute approximate surface area is 164 Å². The van der Waals surface area contributed by atoms with E-state index in [9.17, 15) is 30.0 Å². The van der Waals surface area contributed by atoms with E-state index in [4.69, 9.17) is 9.47 Å². The van der Waals surface area contributed by atoms with Crippen LogP contribution in [0.5, 0.6) is 5.75 Å². The SMILES string of the molecule is N#CC(C(=O)OC(=O)c1ccc(C(=O)C2CO2)cc1)=C(C#N)c1ccc(O)cc1. The van der Waals surface area contributed by atoms with Crippen LogP contribution in [0, 0.1) is 22.7 Å². The first-order valence-corrected chi connectivity index (χ1v) is 8.31. The number of epoxide rings is 1. The van der Waals surface area contributed by atoms with Gasteiger partial charge in [-0.05, 0) is 42.0 Å². The Hall–Kier alpha value is -4.27. The van der Waals surface area contributed by atoms with Crippen molar-refractivity contribution < 1.29 is 29.0 Å². The van der Waals surface area contributed by atoms with Crippen molar-refractivity contribution in [2.24, 2.45) is 0 Å². The smallest absolute Gasteiger partial charge is 0.358 e. The number of aromatic hydroxyl groups is 1. The number of carbonyl (C=O) groups is 3. The molecule has 1 saturated heterocycles. The van der Waals surface area contributed by atoms with Crippen molar-refractivity contribution in [2.45, 2.75) is 6.10 Å². The van der Waals surface area contributed by atoms with Gasteiger partial charge in [0.05, 0.1) is 17.7 Å². The van der Waals surface area contributed by atoms with Crippen LogP contribution in [0.2, 0.25) is 0 Å². The lowest BCUT2D eigenvalue weighted by Gasteiger charge is -2.05. The summed E-state index contributed by atoms with van der Waals surface area (Å²) in [6.45, 7) is 0.364. The summed E-state index contributed by atoms with van der Waals surface area (Å²) in [7, 11) is 0. The van der Waals surface area contributed by atoms with Gasteiger partial charge in [0.2, 0.25) is 0 Å². The minimum atomic E-state index is -1.28. The van der Waals surface area contributed by atoms with Crippen LogP contribution in [0.15, 0.2) is 54.1 Å². The zero-order chi connectivity index (χ0) is 21.0. The molecule has 2 aromatic carbocycles. The lowest BCUT2D eigenvalue weighted by Crippen LogP contribution is -2.15. The van der Waals surface area contributed by atoms with E-state index in [1.165, 1.54) is 48.5 Å². The van der Waals surface area contributed by atoms with Gasteiger partial charge in [-0.25, -0.2) is 9.59 Å². The first-order chi connectivity index (χ1) is 13.9. The van der Waals surface area contributed by atoms with Gasteiger partial charge in [0.15, 0.2) is 11.4 Å². The van der Waals surface area contributed by atoms with E-state index < -0.39 is 23.6 Å². The summed E-state index contributed by atoms with van der Waals surface area (Å²) in [5.74, 6) is -2.58. The zero-order valence-corrected chi connectivity index (χ0v) is 14.8. The summed E-state index contributed by atoms with van der Waals surface area (Å²) in [4.78, 5) is 36.3. The maximum absolute atomic E-state index is 12.3. The Morgan fingerprint density at radius 3 is 2.00 bits per heavy atom. The van der Waals surface area contributed by atoms with Crippen LogP contribution in [-0.2, 0) is 14.3 Å². The van der Waals surface area contributed by atoms with Crippen LogP contribution in [0.1, 0.15) is 26.3 Å². The van der Waals surface area contributed by atoms with Crippen molar-refractivity contribution in [3.8, 4) is 17.9 Å². The number of ether oxygens (including phenoxy) is 2. The molecule has 1 aliphatic rings. The van der Waals surface area contributed by atoms with Crippen molar-refractivity contribution in [2.75, 3.05) is 6.61 Å². The second kappa shape index (κ2) is 8.17. The molecular formula is C21H12N2O6. The van der Waals surface area contributed by atoms with E-state index in [0.717, 1.165) is 0 Å². The monoisotopic (exact) mass is 388 g/mol. The van der Waals surface area contributed by atoms with Gasteiger partial charge in [0, 0.05) is 5.56 Å². The highest BCUT2D eigenvalue weighted by atomic mass is 16.6. The molecule has 0 spiro atoms. The number of hydrogen-bond donors (Lipinski definition) is 1. The lowest BCUT2D eigenvalue weighted by molar-refractivity contribution is -0.133. The molecule has 3 rings (SSSR count). The van der Waals surface area contributed by atoms with E-state index >= 15 is 0 Å². The first-order valence-electron chi connectivity index (χ1n) is 8.31. The number of Topliss-reactive ketones (excluding diaryl/α,β-unsaturated/α-hetero) is 1. The Bertz CT molecular complexity index is 1100. The highest BCUT2D eigenvalue weighted by Gasteiger charge is 2.32. The third-order valence-electron chi connectivity index (χ3n) is 4.05. The molecule has 0 saturated carbocycles. The van der Waals surface area contributed by atoms with Crippen LogP contribution in [-0.4, -0.2) is 35.5 Å². The number of hydrogen-bond acceptors (Lipinski definition) is 8. The Morgan fingerprint density at radius 2 is 1.48 bits per heavy atom. The van der Waals surface area contributed by atoms with E-state index in [2.05, 4.69) is 0 Å². The number of rotatable bonds is 5. The van der Waals surface area contributed by atoms with Gasteiger partial charge in [-0.3, -0.25) is 4.79 Å². The van der Waals surface area contributed by atoms with Gasteiger partial charge in [0.1, 0.15) is 24.0 Å². The minimum absolute atomic E-state index is 0.00736. The number of nitriles is 2. The maximum Gasteiger partial charge on any atom is 0.358 e. The molecule has 0 bridgehead atoms. The molecule has 1 N–H and O–H groups in total. The molecule has 1 aliphatic heterocycles. The van der Waals surface area contributed by atoms with Crippen molar-refractivity contribution in [3.63, 3.8) is 0 Å². The molecule has 0 amide bonds. The maximum atomic E-state index is 12.3. The van der Waals surface area contributed by atoms with Gasteiger partial charge < -0.3 is 14.6 Å². The number of phenols is 1. The molecule has 1 atom stereocenters. The predicted octanol–water partition coefficient (Wildman–Crippen LogP) is 2.16. The predicted molar refractivity (Wildman–Crippen MR) is 97.2 cm³/mol. The first kappa shape index (κ1) is 19.5. The van der Waals surface area contributed by atoms with E-state index in [-0.39, 0.29) is 28.2 Å². The standard InChI is InChI=1S/C21H12N2O6/c22-9-16(12-5-7-15(24)8-6-12)17(10-23)21(27)29-20(26)14-3-1-13(2-4-14)19(25)18-11-28-18/h1-8,18,24H,11H2. The molecule has 29 heavy (non-hydrogen) atoms. The summed E-state index contributed by atoms with van der Waals surface area (Å²) in [5.41, 5.74) is -0.393. The zero-order valence-electron chi connectivity index (χ0n) is 14.8. The molecule has 0 aliphatic carbocycles. The molecule has 2 aromatic rings. The van der Waals surface area contributed by atoms with Crippen molar-refractivity contribution in [1.82, 2.24) is 0 Å². The average molecular weight is 388 g/mol. The number of benzene rings is 2. The summed E-state index contributed by atoms with van der Waals surface area (Å²) in [5, 5.41) is 27.9. The fourth-order valence-electron chi connectivity index (χ4n) is 2.45.